The quantitative estimate of drug-likeness (QED) is 0.374. The third kappa shape index (κ3) is 3.99. The van der Waals surface area contributed by atoms with Gasteiger partial charge in [0.05, 0.1) is 19.8 Å². The van der Waals surface area contributed by atoms with Gasteiger partial charge in [0.25, 0.3) is 0 Å². The molecule has 0 aromatic heterocycles. The lowest BCUT2D eigenvalue weighted by molar-refractivity contribution is -0.129. The second-order valence-corrected chi connectivity index (χ2v) is 13.0. The maximum atomic E-state index is 11.9. The van der Waals surface area contributed by atoms with Crippen LogP contribution in [-0.2, 0) is 15.9 Å². The molecule has 5 heteroatoms. The van der Waals surface area contributed by atoms with Gasteiger partial charge in [-0.15, -0.1) is 0 Å². The molecule has 2 aromatic rings. The van der Waals surface area contributed by atoms with Crippen molar-refractivity contribution < 1.29 is 24.4 Å². The van der Waals surface area contributed by atoms with Crippen molar-refractivity contribution in [3.8, 4) is 5.75 Å². The first-order valence-corrected chi connectivity index (χ1v) is 15.0. The van der Waals surface area contributed by atoms with Gasteiger partial charge in [-0.05, 0) is 109 Å². The molecular formula is C34H42O5. The van der Waals surface area contributed by atoms with Crippen LogP contribution in [0.4, 0.5) is 0 Å². The van der Waals surface area contributed by atoms with Gasteiger partial charge in [0.15, 0.2) is 0 Å². The zero-order valence-electron chi connectivity index (χ0n) is 23.3. The van der Waals surface area contributed by atoms with Crippen LogP contribution in [0.15, 0.2) is 54.3 Å². The molecule has 2 N–H and O–H groups in total. The Hall–Kier alpha value is -2.34. The first kappa shape index (κ1) is 25.6. The smallest absolute Gasteiger partial charge is 0.133 e. The van der Waals surface area contributed by atoms with Crippen LogP contribution in [0.1, 0.15) is 79.0 Å². The number of methoxy groups -OCH3 is 1. The van der Waals surface area contributed by atoms with E-state index in [1.807, 2.05) is 6.08 Å². The number of ether oxygens (including phenoxy) is 3. The van der Waals surface area contributed by atoms with E-state index in [1.165, 1.54) is 35.1 Å². The van der Waals surface area contributed by atoms with E-state index in [2.05, 4.69) is 49.4 Å². The Bertz CT molecular complexity index is 1250. The number of rotatable bonds is 9. The minimum Gasteiger partial charge on any atom is -0.510 e. The maximum absolute atomic E-state index is 11.9. The van der Waals surface area contributed by atoms with E-state index in [0.717, 1.165) is 37.4 Å². The van der Waals surface area contributed by atoms with Crippen LogP contribution >= 0.6 is 0 Å². The summed E-state index contributed by atoms with van der Waals surface area (Å²) in [5.41, 5.74) is 4.31. The van der Waals surface area contributed by atoms with Gasteiger partial charge < -0.3 is 24.4 Å². The van der Waals surface area contributed by atoms with E-state index in [-0.39, 0.29) is 17.1 Å². The third-order valence-electron chi connectivity index (χ3n) is 11.1. The number of fused-ring (bicyclic) bond motifs is 7. The highest BCUT2D eigenvalue weighted by Crippen LogP contribution is 2.72. The molecule has 0 aliphatic heterocycles. The number of benzene rings is 2. The second kappa shape index (κ2) is 9.64. The standard InChI is InChI=1S/C34H42O5/c1-33-20-29(23-7-5-22(6-8-23)21-3-4-21)32-27-12-10-26(39-16-15-38-14-13-37-2)17-24(27)9-11-28(32)30(33)18-25-19-31(35)34(25,33)36/h5-8,10,12,17,19,21,25,28-30,32,35-36H,3-4,9,11,13-16,18,20H2,1-2H3/t25?,28-,29+,30-,32?,33-,34+/m0/s1. The first-order valence-electron chi connectivity index (χ1n) is 15.0. The van der Waals surface area contributed by atoms with Gasteiger partial charge in [-0.1, -0.05) is 37.3 Å². The molecule has 208 valence electrons. The van der Waals surface area contributed by atoms with Crippen LogP contribution in [0.3, 0.4) is 0 Å². The molecule has 0 amide bonds. The van der Waals surface area contributed by atoms with E-state index in [1.54, 1.807) is 7.11 Å². The van der Waals surface area contributed by atoms with Crippen LogP contribution < -0.4 is 4.74 Å². The lowest BCUT2D eigenvalue weighted by Crippen LogP contribution is -2.58. The zero-order valence-corrected chi connectivity index (χ0v) is 23.3. The molecule has 3 fully saturated rings. The average Bonchev–Trinajstić information content (AvgIpc) is 3.78. The lowest BCUT2D eigenvalue weighted by Gasteiger charge is -2.57. The molecule has 0 saturated heterocycles. The zero-order chi connectivity index (χ0) is 26.8. The Kier molecular flexibility index (Phi) is 6.33. The summed E-state index contributed by atoms with van der Waals surface area (Å²) in [6.07, 6.45) is 8.54. The van der Waals surface area contributed by atoms with Crippen LogP contribution in [0.5, 0.6) is 5.75 Å². The van der Waals surface area contributed by atoms with Crippen LogP contribution in [0.2, 0.25) is 0 Å². The Labute approximate surface area is 232 Å². The summed E-state index contributed by atoms with van der Waals surface area (Å²) in [5, 5.41) is 22.6. The highest BCUT2D eigenvalue weighted by molar-refractivity contribution is 5.46. The highest BCUT2D eigenvalue weighted by Gasteiger charge is 2.71. The summed E-state index contributed by atoms with van der Waals surface area (Å²) in [7, 11) is 1.68. The van der Waals surface area contributed by atoms with E-state index in [4.69, 9.17) is 14.2 Å². The van der Waals surface area contributed by atoms with Crippen molar-refractivity contribution in [3.63, 3.8) is 0 Å². The van der Waals surface area contributed by atoms with Crippen molar-refractivity contribution in [1.29, 1.82) is 0 Å². The van der Waals surface area contributed by atoms with Gasteiger partial charge in [0, 0.05) is 18.4 Å². The number of aliphatic hydroxyl groups is 2. The summed E-state index contributed by atoms with van der Waals surface area (Å²) in [6.45, 7) is 4.53. The molecule has 3 saturated carbocycles. The molecule has 7 atom stereocenters. The fraction of sp³-hybridized carbons (Fsp3) is 0.588. The minimum absolute atomic E-state index is 0.0763. The summed E-state index contributed by atoms with van der Waals surface area (Å²) in [5.74, 6) is 3.54. The molecule has 0 bridgehead atoms. The topological polar surface area (TPSA) is 68.2 Å². The third-order valence-corrected chi connectivity index (χ3v) is 11.1. The average molecular weight is 531 g/mol. The van der Waals surface area contributed by atoms with Crippen molar-refractivity contribution in [2.75, 3.05) is 33.5 Å². The normalized spacial score (nSPS) is 36.2. The van der Waals surface area contributed by atoms with Crippen molar-refractivity contribution in [2.45, 2.75) is 68.8 Å². The SMILES string of the molecule is COCCOCCOc1ccc2c(c1)CC[C@@H]1C2[C@@H](c2ccc(C3CC3)cc2)C[C@@]2(C)[C@H]1CC1C=C(O)[C@]12O. The van der Waals surface area contributed by atoms with Gasteiger partial charge in [-0.25, -0.2) is 0 Å². The Morgan fingerprint density at radius 3 is 2.46 bits per heavy atom. The molecule has 2 aromatic carbocycles. The van der Waals surface area contributed by atoms with Gasteiger partial charge in [-0.2, -0.15) is 0 Å². The minimum atomic E-state index is -1.07. The lowest BCUT2D eigenvalue weighted by atomic mass is 9.48. The molecule has 39 heavy (non-hydrogen) atoms. The summed E-state index contributed by atoms with van der Waals surface area (Å²) in [6, 6.07) is 16.1. The Morgan fingerprint density at radius 1 is 0.949 bits per heavy atom. The summed E-state index contributed by atoms with van der Waals surface area (Å²) >= 11 is 0. The molecule has 5 aliphatic rings. The van der Waals surface area contributed by atoms with Crippen molar-refractivity contribution in [1.82, 2.24) is 0 Å². The molecule has 5 nitrogen and oxygen atoms in total. The predicted molar refractivity (Wildman–Crippen MR) is 150 cm³/mol. The first-order chi connectivity index (χ1) is 18.9. The van der Waals surface area contributed by atoms with Crippen molar-refractivity contribution in [3.05, 3.63) is 76.6 Å². The largest absolute Gasteiger partial charge is 0.510 e. The van der Waals surface area contributed by atoms with Crippen LogP contribution in [0, 0.1) is 23.2 Å². The van der Waals surface area contributed by atoms with Gasteiger partial charge in [-0.3, -0.25) is 0 Å². The van der Waals surface area contributed by atoms with Crippen LogP contribution in [-0.4, -0.2) is 49.4 Å². The molecule has 2 unspecified atom stereocenters. The van der Waals surface area contributed by atoms with Crippen LogP contribution in [0.25, 0.3) is 0 Å². The second-order valence-electron chi connectivity index (χ2n) is 13.0. The van der Waals surface area contributed by atoms with E-state index < -0.39 is 5.60 Å². The monoisotopic (exact) mass is 530 g/mol. The maximum Gasteiger partial charge on any atom is 0.133 e. The Balaban J connectivity index is 1.19. The number of hydrogen-bond donors (Lipinski definition) is 2. The number of aliphatic hydroxyl groups excluding tert-OH is 1. The summed E-state index contributed by atoms with van der Waals surface area (Å²) in [4.78, 5) is 0. The molecule has 0 spiro atoms. The predicted octanol–water partition coefficient (Wildman–Crippen LogP) is 6.27. The van der Waals surface area contributed by atoms with E-state index in [0.29, 0.717) is 50.1 Å². The van der Waals surface area contributed by atoms with Gasteiger partial charge in [0.1, 0.15) is 23.7 Å². The van der Waals surface area contributed by atoms with Crippen molar-refractivity contribution in [2.24, 2.45) is 23.2 Å². The van der Waals surface area contributed by atoms with Gasteiger partial charge in [0.2, 0.25) is 0 Å². The highest BCUT2D eigenvalue weighted by atomic mass is 16.5. The fourth-order valence-corrected chi connectivity index (χ4v) is 8.97. The van der Waals surface area contributed by atoms with E-state index in [9.17, 15) is 10.2 Å². The fourth-order valence-electron chi connectivity index (χ4n) is 8.97. The van der Waals surface area contributed by atoms with Gasteiger partial charge >= 0.3 is 0 Å². The van der Waals surface area contributed by atoms with Crippen molar-refractivity contribution >= 4 is 0 Å². The molecule has 0 radical (unpaired) electrons. The molecule has 7 rings (SSSR count). The number of hydrogen-bond acceptors (Lipinski definition) is 5. The molecular weight excluding hydrogens is 488 g/mol. The van der Waals surface area contributed by atoms with E-state index >= 15 is 0 Å². The number of aryl methyl sites for hydroxylation is 1. The molecule has 5 aliphatic carbocycles. The Morgan fingerprint density at radius 2 is 1.72 bits per heavy atom. The molecule has 0 heterocycles. The summed E-state index contributed by atoms with van der Waals surface area (Å²) < 4.78 is 16.7.